The van der Waals surface area contributed by atoms with Gasteiger partial charge in [-0.15, -0.1) is 0 Å². The molecule has 1 aromatic rings. The number of hydrogen-bond donors (Lipinski definition) is 0. The van der Waals surface area contributed by atoms with Crippen LogP contribution in [0, 0.1) is 5.92 Å². The van der Waals surface area contributed by atoms with Crippen molar-refractivity contribution < 1.29 is 22.7 Å². The van der Waals surface area contributed by atoms with Gasteiger partial charge >= 0.3 is 5.97 Å². The minimum absolute atomic E-state index is 0.0306. The summed E-state index contributed by atoms with van der Waals surface area (Å²) in [6.45, 7) is 0.584. The van der Waals surface area contributed by atoms with Gasteiger partial charge in [-0.3, -0.25) is 9.59 Å². The van der Waals surface area contributed by atoms with Crippen molar-refractivity contribution in [2.24, 2.45) is 5.92 Å². The van der Waals surface area contributed by atoms with E-state index in [1.807, 2.05) is 0 Å². The molecule has 9 heteroatoms. The summed E-state index contributed by atoms with van der Waals surface area (Å²) in [7, 11) is -2.24. The standard InChI is InChI=1S/C17H23ClN2O5S/c1-25-17(22)13-7-9-19(10-8-13)16(21)12-20(26(2,23)24)11-14-5-3-4-6-15(14)18/h3-6,13H,7-12H2,1-2H3. The number of carbonyl (C=O) groups is 2. The number of sulfonamides is 1. The van der Waals surface area contributed by atoms with E-state index in [1.54, 1.807) is 29.2 Å². The van der Waals surface area contributed by atoms with Crippen molar-refractivity contribution in [3.63, 3.8) is 0 Å². The molecule has 2 rings (SSSR count). The van der Waals surface area contributed by atoms with Crippen LogP contribution in [-0.4, -0.2) is 62.5 Å². The number of rotatable bonds is 6. The lowest BCUT2D eigenvalue weighted by molar-refractivity contribution is -0.148. The second-order valence-electron chi connectivity index (χ2n) is 6.30. The van der Waals surface area contributed by atoms with E-state index in [0.29, 0.717) is 36.5 Å². The highest BCUT2D eigenvalue weighted by atomic mass is 35.5. The van der Waals surface area contributed by atoms with Crippen molar-refractivity contribution in [1.82, 2.24) is 9.21 Å². The molecule has 0 atom stereocenters. The highest BCUT2D eigenvalue weighted by Gasteiger charge is 2.30. The minimum Gasteiger partial charge on any atom is -0.469 e. The molecule has 0 saturated carbocycles. The van der Waals surface area contributed by atoms with Gasteiger partial charge in [0.25, 0.3) is 0 Å². The highest BCUT2D eigenvalue weighted by Crippen LogP contribution is 2.21. The predicted octanol–water partition coefficient (Wildman–Crippen LogP) is 1.51. The fourth-order valence-electron chi connectivity index (χ4n) is 2.89. The van der Waals surface area contributed by atoms with Crippen molar-refractivity contribution in [1.29, 1.82) is 0 Å². The first kappa shape index (κ1) is 20.7. The molecule has 0 aromatic heterocycles. The molecule has 144 valence electrons. The lowest BCUT2D eigenvalue weighted by Crippen LogP contribution is -2.46. The van der Waals surface area contributed by atoms with Crippen molar-refractivity contribution in [2.75, 3.05) is 33.0 Å². The number of amides is 1. The van der Waals surface area contributed by atoms with Crippen LogP contribution in [0.2, 0.25) is 5.02 Å². The molecule has 1 aromatic carbocycles. The Bertz CT molecular complexity index is 760. The number of ether oxygens (including phenoxy) is 1. The number of methoxy groups -OCH3 is 1. The van der Waals surface area contributed by atoms with E-state index < -0.39 is 10.0 Å². The molecule has 0 radical (unpaired) electrons. The van der Waals surface area contributed by atoms with Gasteiger partial charge in [0.2, 0.25) is 15.9 Å². The molecule has 0 aliphatic carbocycles. The maximum atomic E-state index is 12.5. The monoisotopic (exact) mass is 402 g/mol. The van der Waals surface area contributed by atoms with E-state index >= 15 is 0 Å². The third-order valence-electron chi connectivity index (χ3n) is 4.47. The van der Waals surface area contributed by atoms with E-state index in [1.165, 1.54) is 7.11 Å². The number of piperidine rings is 1. The second-order valence-corrected chi connectivity index (χ2v) is 8.69. The molecular weight excluding hydrogens is 380 g/mol. The van der Waals surface area contributed by atoms with E-state index in [-0.39, 0.29) is 30.9 Å². The lowest BCUT2D eigenvalue weighted by Gasteiger charge is -2.32. The Morgan fingerprint density at radius 2 is 1.88 bits per heavy atom. The first-order valence-corrected chi connectivity index (χ1v) is 10.5. The summed E-state index contributed by atoms with van der Waals surface area (Å²) in [5.74, 6) is -0.766. The lowest BCUT2D eigenvalue weighted by atomic mass is 9.97. The largest absolute Gasteiger partial charge is 0.469 e. The average molecular weight is 403 g/mol. The number of esters is 1. The van der Waals surface area contributed by atoms with Gasteiger partial charge in [-0.05, 0) is 24.5 Å². The third kappa shape index (κ3) is 5.43. The average Bonchev–Trinajstić information content (AvgIpc) is 2.61. The second kappa shape index (κ2) is 8.83. The van der Waals surface area contributed by atoms with Crippen LogP contribution >= 0.6 is 11.6 Å². The maximum Gasteiger partial charge on any atom is 0.308 e. The van der Waals surface area contributed by atoms with Crippen LogP contribution in [0.15, 0.2) is 24.3 Å². The molecule has 0 bridgehead atoms. The SMILES string of the molecule is COC(=O)C1CCN(C(=O)CN(Cc2ccccc2Cl)S(C)(=O)=O)CC1. The van der Waals surface area contributed by atoms with Crippen molar-refractivity contribution >= 4 is 33.5 Å². The summed E-state index contributed by atoms with van der Waals surface area (Å²) < 4.78 is 30.0. The van der Waals surface area contributed by atoms with Crippen LogP contribution in [0.4, 0.5) is 0 Å². The van der Waals surface area contributed by atoms with Gasteiger partial charge in [0, 0.05) is 24.7 Å². The number of carbonyl (C=O) groups excluding carboxylic acids is 2. The molecule has 0 spiro atoms. The molecule has 1 heterocycles. The van der Waals surface area contributed by atoms with E-state index in [4.69, 9.17) is 16.3 Å². The topological polar surface area (TPSA) is 84.0 Å². The molecule has 26 heavy (non-hydrogen) atoms. The van der Waals surface area contributed by atoms with E-state index in [9.17, 15) is 18.0 Å². The van der Waals surface area contributed by atoms with Crippen LogP contribution in [0.3, 0.4) is 0 Å². The van der Waals surface area contributed by atoms with Gasteiger partial charge in [0.15, 0.2) is 0 Å². The zero-order valence-corrected chi connectivity index (χ0v) is 16.4. The van der Waals surface area contributed by atoms with Crippen LogP contribution in [-0.2, 0) is 30.9 Å². The zero-order chi connectivity index (χ0) is 19.3. The predicted molar refractivity (Wildman–Crippen MR) is 98.0 cm³/mol. The Balaban J connectivity index is 2.02. The van der Waals surface area contributed by atoms with Crippen molar-refractivity contribution in [3.8, 4) is 0 Å². The van der Waals surface area contributed by atoms with Gasteiger partial charge in [-0.25, -0.2) is 8.42 Å². The molecule has 0 N–H and O–H groups in total. The van der Waals surface area contributed by atoms with E-state index in [0.717, 1.165) is 10.6 Å². The molecule has 1 fully saturated rings. The number of benzene rings is 1. The fourth-order valence-corrected chi connectivity index (χ4v) is 3.80. The van der Waals surface area contributed by atoms with E-state index in [2.05, 4.69) is 0 Å². The molecule has 0 unspecified atom stereocenters. The van der Waals surface area contributed by atoms with Crippen molar-refractivity contribution in [2.45, 2.75) is 19.4 Å². The summed E-state index contributed by atoms with van der Waals surface area (Å²) in [6, 6.07) is 6.93. The van der Waals surface area contributed by atoms with Gasteiger partial charge < -0.3 is 9.64 Å². The van der Waals surface area contributed by atoms with Crippen LogP contribution in [0.5, 0.6) is 0 Å². The molecule has 7 nitrogen and oxygen atoms in total. The van der Waals surface area contributed by atoms with Gasteiger partial charge in [-0.2, -0.15) is 4.31 Å². The van der Waals surface area contributed by atoms with Crippen LogP contribution < -0.4 is 0 Å². The minimum atomic E-state index is -3.59. The molecule has 1 saturated heterocycles. The third-order valence-corrected chi connectivity index (χ3v) is 6.03. The summed E-state index contributed by atoms with van der Waals surface area (Å²) in [6.07, 6.45) is 2.10. The van der Waals surface area contributed by atoms with Gasteiger partial charge in [-0.1, -0.05) is 29.8 Å². The normalized spacial score (nSPS) is 15.9. The summed E-state index contributed by atoms with van der Waals surface area (Å²) in [5.41, 5.74) is 0.636. The summed E-state index contributed by atoms with van der Waals surface area (Å²) in [5, 5.41) is 0.451. The van der Waals surface area contributed by atoms with Crippen LogP contribution in [0.25, 0.3) is 0 Å². The summed E-state index contributed by atoms with van der Waals surface area (Å²) >= 11 is 6.10. The smallest absolute Gasteiger partial charge is 0.308 e. The molecular formula is C17H23ClN2O5S. The molecule has 1 aliphatic rings. The molecule has 1 aliphatic heterocycles. The first-order valence-electron chi connectivity index (χ1n) is 8.26. The quantitative estimate of drug-likeness (QED) is 0.673. The number of likely N-dealkylation sites (tertiary alicyclic amines) is 1. The Hall–Kier alpha value is -1.64. The van der Waals surface area contributed by atoms with Crippen molar-refractivity contribution in [3.05, 3.63) is 34.9 Å². The summed E-state index contributed by atoms with van der Waals surface area (Å²) in [4.78, 5) is 25.7. The first-order chi connectivity index (χ1) is 12.2. The fraction of sp³-hybridized carbons (Fsp3) is 0.529. The Morgan fingerprint density at radius 3 is 2.42 bits per heavy atom. The Labute approximate surface area is 158 Å². The molecule has 1 amide bonds. The van der Waals surface area contributed by atoms with Crippen LogP contribution in [0.1, 0.15) is 18.4 Å². The number of hydrogen-bond acceptors (Lipinski definition) is 5. The maximum absolute atomic E-state index is 12.5. The zero-order valence-electron chi connectivity index (χ0n) is 14.9. The highest BCUT2D eigenvalue weighted by molar-refractivity contribution is 7.88. The van der Waals surface area contributed by atoms with Gasteiger partial charge in [0.05, 0.1) is 25.8 Å². The number of halogens is 1. The van der Waals surface area contributed by atoms with Gasteiger partial charge in [0.1, 0.15) is 0 Å². The number of nitrogens with zero attached hydrogens (tertiary/aromatic N) is 2. The Morgan fingerprint density at radius 1 is 1.27 bits per heavy atom. The Kier molecular flexibility index (Phi) is 7.02.